The SMILES string of the molecule is CCc1cccc2c1N=CC2=Cc1sc(=O)n(CC(=O)Nc2ccc(Br)cc2)c1O. The second-order valence-corrected chi connectivity index (χ2v) is 8.63. The van der Waals surface area contributed by atoms with Crippen LogP contribution < -0.4 is 10.2 Å². The topological polar surface area (TPSA) is 83.7 Å². The van der Waals surface area contributed by atoms with Gasteiger partial charge in [0, 0.05) is 27.5 Å². The number of hydrogen-bond acceptors (Lipinski definition) is 5. The van der Waals surface area contributed by atoms with Crippen LogP contribution in [0.3, 0.4) is 0 Å². The molecule has 30 heavy (non-hydrogen) atoms. The van der Waals surface area contributed by atoms with E-state index in [0.717, 1.165) is 49.2 Å². The van der Waals surface area contributed by atoms with Gasteiger partial charge in [0.05, 0.1) is 10.6 Å². The highest BCUT2D eigenvalue weighted by molar-refractivity contribution is 9.10. The molecule has 1 amide bonds. The first-order valence-corrected chi connectivity index (χ1v) is 10.9. The molecule has 6 nitrogen and oxygen atoms in total. The van der Waals surface area contributed by atoms with E-state index in [1.165, 1.54) is 0 Å². The summed E-state index contributed by atoms with van der Waals surface area (Å²) < 4.78 is 1.97. The molecular weight excluding hydrogens is 466 g/mol. The van der Waals surface area contributed by atoms with Crippen molar-refractivity contribution in [3.63, 3.8) is 0 Å². The van der Waals surface area contributed by atoms with Gasteiger partial charge in [-0.25, -0.2) is 0 Å². The number of allylic oxidation sites excluding steroid dienone is 1. The minimum atomic E-state index is -0.400. The number of para-hydroxylation sites is 1. The second-order valence-electron chi connectivity index (χ2n) is 6.72. The van der Waals surface area contributed by atoms with Gasteiger partial charge in [-0.05, 0) is 42.3 Å². The zero-order valence-electron chi connectivity index (χ0n) is 16.1. The van der Waals surface area contributed by atoms with E-state index in [9.17, 15) is 14.7 Å². The highest BCUT2D eigenvalue weighted by Gasteiger charge is 2.19. The standard InChI is InChI=1S/C22H18BrN3O3S/c1-2-13-4-3-5-17-14(11-24-20(13)17)10-18-21(28)26(22(29)30-18)12-19(27)25-16-8-6-15(23)7-9-16/h3-11,28H,2,12H2,1H3,(H,25,27). The first kappa shape index (κ1) is 20.3. The average molecular weight is 484 g/mol. The molecule has 8 heteroatoms. The first-order valence-electron chi connectivity index (χ1n) is 9.32. The summed E-state index contributed by atoms with van der Waals surface area (Å²) in [5.41, 5.74) is 4.47. The van der Waals surface area contributed by atoms with E-state index in [0.29, 0.717) is 10.6 Å². The summed E-state index contributed by atoms with van der Waals surface area (Å²) in [5, 5.41) is 13.3. The molecule has 0 bridgehead atoms. The van der Waals surface area contributed by atoms with Gasteiger partial charge in [-0.1, -0.05) is 52.4 Å². The Kier molecular flexibility index (Phi) is 5.69. The summed E-state index contributed by atoms with van der Waals surface area (Å²) in [4.78, 5) is 29.2. The summed E-state index contributed by atoms with van der Waals surface area (Å²) in [6.45, 7) is 1.80. The van der Waals surface area contributed by atoms with Gasteiger partial charge in [0.2, 0.25) is 11.8 Å². The summed E-state index contributed by atoms with van der Waals surface area (Å²) in [6, 6.07) is 13.1. The first-order chi connectivity index (χ1) is 14.5. The lowest BCUT2D eigenvalue weighted by Gasteiger charge is -2.07. The van der Waals surface area contributed by atoms with Gasteiger partial charge in [0.25, 0.3) is 0 Å². The number of anilines is 1. The molecule has 0 radical (unpaired) electrons. The van der Waals surface area contributed by atoms with Gasteiger partial charge in [0.15, 0.2) is 0 Å². The molecule has 2 N–H and O–H groups in total. The van der Waals surface area contributed by atoms with Crippen molar-refractivity contribution in [3.05, 3.63) is 72.6 Å². The van der Waals surface area contributed by atoms with Crippen LogP contribution >= 0.6 is 27.3 Å². The Morgan fingerprint density at radius 1 is 1.27 bits per heavy atom. The number of aryl methyl sites for hydroxylation is 1. The molecule has 1 aromatic heterocycles. The maximum atomic E-state index is 12.4. The monoisotopic (exact) mass is 483 g/mol. The number of rotatable bonds is 5. The predicted octanol–water partition coefficient (Wildman–Crippen LogP) is 4.84. The number of aliphatic imine (C=N–C) groups is 1. The van der Waals surface area contributed by atoms with Crippen molar-refractivity contribution in [2.75, 3.05) is 5.32 Å². The molecule has 0 atom stereocenters. The average Bonchev–Trinajstić information content (AvgIpc) is 3.26. The molecule has 3 aromatic rings. The molecular formula is C22H18BrN3O3S. The van der Waals surface area contributed by atoms with E-state index >= 15 is 0 Å². The Morgan fingerprint density at radius 3 is 2.77 bits per heavy atom. The summed E-state index contributed by atoms with van der Waals surface area (Å²) in [7, 11) is 0. The zero-order chi connectivity index (χ0) is 21.3. The lowest BCUT2D eigenvalue weighted by atomic mass is 10.0. The summed E-state index contributed by atoms with van der Waals surface area (Å²) in [5.74, 6) is -0.621. The number of hydrogen-bond donors (Lipinski definition) is 2. The maximum Gasteiger partial charge on any atom is 0.311 e. The number of nitrogens with one attached hydrogen (secondary N) is 1. The number of halogens is 1. The van der Waals surface area contributed by atoms with Crippen molar-refractivity contribution in [3.8, 4) is 5.88 Å². The smallest absolute Gasteiger partial charge is 0.311 e. The third-order valence-corrected chi connectivity index (χ3v) is 6.20. The van der Waals surface area contributed by atoms with E-state index in [4.69, 9.17) is 0 Å². The van der Waals surface area contributed by atoms with Crippen LogP contribution in [0.4, 0.5) is 11.4 Å². The van der Waals surface area contributed by atoms with E-state index in [1.807, 2.05) is 18.2 Å². The Labute approximate surface area is 185 Å². The summed E-state index contributed by atoms with van der Waals surface area (Å²) >= 11 is 4.23. The highest BCUT2D eigenvalue weighted by atomic mass is 79.9. The molecule has 0 saturated heterocycles. The van der Waals surface area contributed by atoms with Crippen LogP contribution in [-0.2, 0) is 17.8 Å². The Bertz CT molecular complexity index is 1240. The number of fused-ring (bicyclic) bond motifs is 1. The number of aromatic nitrogens is 1. The minimum Gasteiger partial charge on any atom is -0.493 e. The van der Waals surface area contributed by atoms with Crippen LogP contribution in [0, 0.1) is 0 Å². The quantitative estimate of drug-likeness (QED) is 0.544. The normalized spacial score (nSPS) is 13.6. The summed E-state index contributed by atoms with van der Waals surface area (Å²) in [6.07, 6.45) is 4.34. The molecule has 2 aromatic carbocycles. The van der Waals surface area contributed by atoms with Crippen molar-refractivity contribution >= 4 is 62.4 Å². The number of nitrogens with zero attached hydrogens (tertiary/aromatic N) is 2. The fourth-order valence-corrected chi connectivity index (χ4v) is 4.35. The van der Waals surface area contributed by atoms with Crippen LogP contribution in [0.1, 0.15) is 22.9 Å². The van der Waals surface area contributed by atoms with Crippen molar-refractivity contribution in [1.29, 1.82) is 0 Å². The van der Waals surface area contributed by atoms with Crippen LogP contribution in [0.25, 0.3) is 11.6 Å². The largest absolute Gasteiger partial charge is 0.493 e. The number of carbonyl (C=O) groups is 1. The molecule has 4 rings (SSSR count). The van der Waals surface area contributed by atoms with Crippen molar-refractivity contribution < 1.29 is 9.90 Å². The predicted molar refractivity (Wildman–Crippen MR) is 125 cm³/mol. The van der Waals surface area contributed by atoms with Gasteiger partial charge >= 0.3 is 4.87 Å². The van der Waals surface area contributed by atoms with Gasteiger partial charge in [-0.15, -0.1) is 0 Å². The van der Waals surface area contributed by atoms with Crippen LogP contribution in [0.5, 0.6) is 5.88 Å². The molecule has 0 unspecified atom stereocenters. The van der Waals surface area contributed by atoms with E-state index in [2.05, 4.69) is 33.2 Å². The van der Waals surface area contributed by atoms with Crippen LogP contribution in [0.2, 0.25) is 0 Å². The Morgan fingerprint density at radius 2 is 2.03 bits per heavy atom. The van der Waals surface area contributed by atoms with Crippen molar-refractivity contribution in [2.24, 2.45) is 4.99 Å². The fourth-order valence-electron chi connectivity index (χ4n) is 3.25. The van der Waals surface area contributed by atoms with Crippen molar-refractivity contribution in [1.82, 2.24) is 4.57 Å². The molecule has 0 spiro atoms. The maximum absolute atomic E-state index is 12.4. The van der Waals surface area contributed by atoms with Gasteiger partial charge in [-0.3, -0.25) is 19.1 Å². The van der Waals surface area contributed by atoms with Crippen LogP contribution in [0.15, 0.2) is 56.7 Å². The highest BCUT2D eigenvalue weighted by Crippen LogP contribution is 2.37. The molecule has 0 saturated carbocycles. The molecule has 2 heterocycles. The third-order valence-electron chi connectivity index (χ3n) is 4.75. The van der Waals surface area contributed by atoms with Crippen molar-refractivity contribution in [2.45, 2.75) is 19.9 Å². The van der Waals surface area contributed by atoms with Gasteiger partial charge in [0.1, 0.15) is 6.54 Å². The molecule has 1 aliphatic rings. The second kappa shape index (κ2) is 8.41. The number of aromatic hydroxyl groups is 1. The van der Waals surface area contributed by atoms with Gasteiger partial charge in [-0.2, -0.15) is 0 Å². The Balaban J connectivity index is 1.57. The van der Waals surface area contributed by atoms with Crippen LogP contribution in [-0.4, -0.2) is 21.8 Å². The van der Waals surface area contributed by atoms with E-state index < -0.39 is 10.8 Å². The molecule has 152 valence electrons. The number of amides is 1. The van der Waals surface area contributed by atoms with E-state index in [-0.39, 0.29) is 12.4 Å². The number of thiazole rings is 1. The number of carbonyl (C=O) groups excluding carboxylic acids is 1. The van der Waals surface area contributed by atoms with Gasteiger partial charge < -0.3 is 10.4 Å². The zero-order valence-corrected chi connectivity index (χ0v) is 18.5. The molecule has 1 aliphatic heterocycles. The molecule has 0 aliphatic carbocycles. The minimum absolute atomic E-state index is 0.225. The Hall–Kier alpha value is -2.97. The number of benzene rings is 2. The third kappa shape index (κ3) is 4.01. The lowest BCUT2D eigenvalue weighted by Crippen LogP contribution is -2.24. The van der Waals surface area contributed by atoms with E-state index in [1.54, 1.807) is 36.6 Å². The molecule has 0 fully saturated rings. The lowest BCUT2D eigenvalue weighted by molar-refractivity contribution is -0.116. The fraction of sp³-hybridized carbons (Fsp3) is 0.136.